The second-order valence-corrected chi connectivity index (χ2v) is 5.78. The zero-order valence-corrected chi connectivity index (χ0v) is 12.3. The molecule has 2 heterocycles. The molecule has 2 aromatic heterocycles. The first-order chi connectivity index (χ1) is 9.21. The van der Waals surface area contributed by atoms with E-state index in [1.54, 1.807) is 13.0 Å². The molecule has 0 aliphatic rings. The molecule has 2 rings (SSSR count). The summed E-state index contributed by atoms with van der Waals surface area (Å²) in [6, 6.07) is 1.66. The third-order valence-corrected chi connectivity index (χ3v) is 3.04. The minimum absolute atomic E-state index is 0.0574. The average Bonchev–Trinajstić information content (AvgIpc) is 2.66. The van der Waals surface area contributed by atoms with E-state index < -0.39 is 10.3 Å². The van der Waals surface area contributed by atoms with Gasteiger partial charge in [-0.1, -0.05) is 32.4 Å². The number of nitrogens with zero attached hydrogens (tertiary/aromatic N) is 5. The molecule has 0 saturated carbocycles. The zero-order valence-electron chi connectivity index (χ0n) is 11.6. The maximum Gasteiger partial charge on any atom is 0.330 e. The summed E-state index contributed by atoms with van der Waals surface area (Å²) >= 11 is 6.12. The fourth-order valence-corrected chi connectivity index (χ4v) is 2.05. The molecule has 0 bridgehead atoms. The Morgan fingerprint density at radius 2 is 2.00 bits per heavy atom. The van der Waals surface area contributed by atoms with Crippen molar-refractivity contribution in [3.63, 3.8) is 0 Å². The Morgan fingerprint density at radius 1 is 1.35 bits per heavy atom. The molecule has 0 unspecified atom stereocenters. The van der Waals surface area contributed by atoms with Crippen LogP contribution in [0.3, 0.4) is 0 Å². The second kappa shape index (κ2) is 4.82. The van der Waals surface area contributed by atoms with Crippen LogP contribution in [-0.4, -0.2) is 24.7 Å². The third kappa shape index (κ3) is 2.49. The van der Waals surface area contributed by atoms with Gasteiger partial charge in [0.2, 0.25) is 5.15 Å². The molecule has 8 heteroatoms. The number of hydrogen-bond acceptors (Lipinski definition) is 5. The summed E-state index contributed by atoms with van der Waals surface area (Å²) in [4.78, 5) is 18.8. The van der Waals surface area contributed by atoms with Crippen molar-refractivity contribution in [3.05, 3.63) is 39.0 Å². The normalized spacial score (nSPS) is 11.7. The number of aryl methyl sites for hydroxylation is 1. The van der Waals surface area contributed by atoms with Crippen LogP contribution in [0.1, 0.15) is 32.2 Å². The standard InChI is InChI=1S/C12H14ClN5O2/c1-7-5-8(15-6-14-7)17-11(13)9(18(19)20)10(16-17)12(2,3)4/h5-6H,1-4H3. The summed E-state index contributed by atoms with van der Waals surface area (Å²) in [6.45, 7) is 7.32. The number of hydrogen-bond donors (Lipinski definition) is 0. The molecule has 0 spiro atoms. The fourth-order valence-electron chi connectivity index (χ4n) is 1.76. The Balaban J connectivity index is 2.71. The second-order valence-electron chi connectivity index (χ2n) is 5.42. The molecule has 0 aliphatic carbocycles. The third-order valence-electron chi connectivity index (χ3n) is 2.71. The van der Waals surface area contributed by atoms with E-state index in [0.717, 1.165) is 5.69 Å². The summed E-state index contributed by atoms with van der Waals surface area (Å²) in [7, 11) is 0. The Bertz CT molecular complexity index is 675. The van der Waals surface area contributed by atoms with Gasteiger partial charge in [-0.05, 0) is 6.92 Å². The molecular formula is C12H14ClN5O2. The largest absolute Gasteiger partial charge is 0.330 e. The quantitative estimate of drug-likeness (QED) is 0.628. The predicted molar refractivity (Wildman–Crippen MR) is 74.3 cm³/mol. The van der Waals surface area contributed by atoms with Crippen molar-refractivity contribution in [2.45, 2.75) is 33.1 Å². The zero-order chi connectivity index (χ0) is 15.1. The van der Waals surface area contributed by atoms with Crippen LogP contribution in [0.25, 0.3) is 5.82 Å². The first-order valence-corrected chi connectivity index (χ1v) is 6.32. The van der Waals surface area contributed by atoms with Crippen LogP contribution in [0.5, 0.6) is 0 Å². The Labute approximate surface area is 120 Å². The van der Waals surface area contributed by atoms with Gasteiger partial charge in [-0.15, -0.1) is 0 Å². The topological polar surface area (TPSA) is 86.7 Å². The van der Waals surface area contributed by atoms with Gasteiger partial charge >= 0.3 is 5.69 Å². The van der Waals surface area contributed by atoms with E-state index >= 15 is 0 Å². The van der Waals surface area contributed by atoms with E-state index in [1.165, 1.54) is 11.0 Å². The van der Waals surface area contributed by atoms with E-state index in [9.17, 15) is 10.1 Å². The molecule has 0 fully saturated rings. The van der Waals surface area contributed by atoms with E-state index in [0.29, 0.717) is 11.5 Å². The van der Waals surface area contributed by atoms with Gasteiger partial charge in [0.05, 0.1) is 4.92 Å². The smallest absolute Gasteiger partial charge is 0.258 e. The highest BCUT2D eigenvalue weighted by atomic mass is 35.5. The van der Waals surface area contributed by atoms with Crippen LogP contribution in [0.15, 0.2) is 12.4 Å². The number of nitro groups is 1. The molecule has 20 heavy (non-hydrogen) atoms. The van der Waals surface area contributed by atoms with Gasteiger partial charge in [0.25, 0.3) is 0 Å². The van der Waals surface area contributed by atoms with E-state index in [4.69, 9.17) is 11.6 Å². The van der Waals surface area contributed by atoms with Gasteiger partial charge < -0.3 is 0 Å². The van der Waals surface area contributed by atoms with Crippen LogP contribution < -0.4 is 0 Å². The van der Waals surface area contributed by atoms with Crippen molar-refractivity contribution < 1.29 is 4.92 Å². The van der Waals surface area contributed by atoms with Gasteiger partial charge in [0.15, 0.2) is 5.82 Å². The van der Waals surface area contributed by atoms with Crippen molar-refractivity contribution in [2.75, 3.05) is 0 Å². The van der Waals surface area contributed by atoms with E-state index in [2.05, 4.69) is 15.1 Å². The first-order valence-electron chi connectivity index (χ1n) is 5.94. The molecule has 0 radical (unpaired) electrons. The number of rotatable bonds is 2. The molecule has 0 atom stereocenters. The van der Waals surface area contributed by atoms with Crippen LogP contribution in [0.2, 0.25) is 5.15 Å². The van der Waals surface area contributed by atoms with Gasteiger partial charge in [0.1, 0.15) is 12.0 Å². The Kier molecular flexibility index (Phi) is 3.47. The molecule has 0 saturated heterocycles. The SMILES string of the molecule is Cc1cc(-n2nc(C(C)(C)C)c([N+](=O)[O-])c2Cl)ncn1. The molecule has 0 N–H and O–H groups in total. The molecule has 0 amide bonds. The maximum atomic E-state index is 11.2. The Morgan fingerprint density at radius 3 is 2.45 bits per heavy atom. The summed E-state index contributed by atoms with van der Waals surface area (Å²) in [5.74, 6) is 0.404. The van der Waals surface area contributed by atoms with E-state index in [-0.39, 0.29) is 10.8 Å². The highest BCUT2D eigenvalue weighted by Crippen LogP contribution is 2.36. The minimum atomic E-state index is -0.513. The maximum absolute atomic E-state index is 11.2. The molecule has 7 nitrogen and oxygen atoms in total. The van der Waals surface area contributed by atoms with Gasteiger partial charge in [0, 0.05) is 17.2 Å². The molecular weight excluding hydrogens is 282 g/mol. The summed E-state index contributed by atoms with van der Waals surface area (Å²) < 4.78 is 1.27. The molecule has 0 aliphatic heterocycles. The van der Waals surface area contributed by atoms with Gasteiger partial charge in [-0.2, -0.15) is 9.78 Å². The molecule has 106 valence electrons. The predicted octanol–water partition coefficient (Wildman–Crippen LogP) is 2.83. The lowest BCUT2D eigenvalue weighted by atomic mass is 9.91. The monoisotopic (exact) mass is 295 g/mol. The van der Waals surface area contributed by atoms with Crippen molar-refractivity contribution >= 4 is 17.3 Å². The highest BCUT2D eigenvalue weighted by Gasteiger charge is 2.34. The summed E-state index contributed by atoms with van der Waals surface area (Å²) in [5, 5.41) is 15.4. The van der Waals surface area contributed by atoms with Gasteiger partial charge in [-0.25, -0.2) is 9.97 Å². The highest BCUT2D eigenvalue weighted by molar-refractivity contribution is 6.32. The lowest BCUT2D eigenvalue weighted by molar-refractivity contribution is -0.385. The van der Waals surface area contributed by atoms with Crippen molar-refractivity contribution in [1.29, 1.82) is 0 Å². The first kappa shape index (κ1) is 14.4. The summed E-state index contributed by atoms with van der Waals surface area (Å²) in [5.41, 5.74) is 0.361. The van der Waals surface area contributed by atoms with Crippen LogP contribution in [0.4, 0.5) is 5.69 Å². The fraction of sp³-hybridized carbons (Fsp3) is 0.417. The molecule has 2 aromatic rings. The Hall–Kier alpha value is -2.02. The van der Waals surface area contributed by atoms with Crippen molar-refractivity contribution in [2.24, 2.45) is 0 Å². The van der Waals surface area contributed by atoms with E-state index in [1.807, 2.05) is 20.8 Å². The average molecular weight is 296 g/mol. The van der Waals surface area contributed by atoms with Crippen molar-refractivity contribution in [1.82, 2.24) is 19.7 Å². The number of halogens is 1. The molecule has 0 aromatic carbocycles. The minimum Gasteiger partial charge on any atom is -0.258 e. The van der Waals surface area contributed by atoms with Crippen LogP contribution in [-0.2, 0) is 5.41 Å². The summed E-state index contributed by atoms with van der Waals surface area (Å²) in [6.07, 6.45) is 1.37. The number of aromatic nitrogens is 4. The van der Waals surface area contributed by atoms with Crippen LogP contribution in [0, 0.1) is 17.0 Å². The lowest BCUT2D eigenvalue weighted by Crippen LogP contribution is -2.14. The lowest BCUT2D eigenvalue weighted by Gasteiger charge is -2.13. The van der Waals surface area contributed by atoms with Crippen molar-refractivity contribution in [3.8, 4) is 5.82 Å². The van der Waals surface area contributed by atoms with Crippen LogP contribution >= 0.6 is 11.6 Å². The van der Waals surface area contributed by atoms with Gasteiger partial charge in [-0.3, -0.25) is 10.1 Å².